The lowest BCUT2D eigenvalue weighted by atomic mass is 9.89. The average Bonchev–Trinajstić information content (AvgIpc) is 3.43. The third-order valence-electron chi connectivity index (χ3n) is 7.42. The molecule has 1 fully saturated rings. The van der Waals surface area contributed by atoms with Gasteiger partial charge in [0.25, 0.3) is 5.91 Å². The van der Waals surface area contributed by atoms with Crippen molar-refractivity contribution in [3.8, 4) is 23.2 Å². The molecule has 212 valence electrons. The lowest BCUT2D eigenvalue weighted by molar-refractivity contribution is -0.153. The van der Waals surface area contributed by atoms with Gasteiger partial charge in [-0.25, -0.2) is 8.42 Å². The maximum Gasteiger partial charge on any atom is 0.422 e. The van der Waals surface area contributed by atoms with E-state index in [1.54, 1.807) is 6.07 Å². The number of sulfone groups is 1. The summed E-state index contributed by atoms with van der Waals surface area (Å²) in [4.78, 5) is 30.8. The number of halogens is 3. The Kier molecular flexibility index (Phi) is 6.07. The number of aromatic nitrogens is 3. The molecule has 0 bridgehead atoms. The quantitative estimate of drug-likeness (QED) is 0.462. The highest BCUT2D eigenvalue weighted by molar-refractivity contribution is 7.92. The average molecular weight is 587 g/mol. The maximum atomic E-state index is 13.6. The van der Waals surface area contributed by atoms with E-state index in [9.17, 15) is 31.2 Å². The minimum absolute atomic E-state index is 0.0471. The minimum Gasteiger partial charge on any atom is -0.484 e. The number of carbonyl (C=O) groups is 2. The van der Waals surface area contributed by atoms with E-state index in [2.05, 4.69) is 20.7 Å². The molecule has 2 aliphatic heterocycles. The normalized spacial score (nSPS) is 20.9. The third-order valence-corrected chi connectivity index (χ3v) is 9.24. The summed E-state index contributed by atoms with van der Waals surface area (Å²) in [5, 5.41) is 19.4. The van der Waals surface area contributed by atoms with Gasteiger partial charge in [-0.3, -0.25) is 19.3 Å². The zero-order valence-electron chi connectivity index (χ0n) is 21.2. The highest BCUT2D eigenvalue weighted by Crippen LogP contribution is 2.44. The van der Waals surface area contributed by atoms with E-state index in [0.717, 1.165) is 11.1 Å². The van der Waals surface area contributed by atoms with Crippen LogP contribution < -0.4 is 15.4 Å². The second-order valence-corrected chi connectivity index (χ2v) is 12.4. The molecule has 1 aromatic carbocycles. The smallest absolute Gasteiger partial charge is 0.422 e. The lowest BCUT2D eigenvalue weighted by Crippen LogP contribution is -2.52. The van der Waals surface area contributed by atoms with Gasteiger partial charge in [0.15, 0.2) is 22.1 Å². The Morgan fingerprint density at radius 1 is 1.27 bits per heavy atom. The van der Waals surface area contributed by atoms with Gasteiger partial charge < -0.3 is 15.4 Å². The molecule has 1 atom stereocenters. The molecule has 0 unspecified atom stereocenters. The fourth-order valence-corrected chi connectivity index (χ4v) is 6.92. The number of rotatable bonds is 5. The van der Waals surface area contributed by atoms with Crippen LogP contribution in [0.25, 0.3) is 11.4 Å². The molecule has 3 aromatic rings. The molecule has 1 saturated heterocycles. The summed E-state index contributed by atoms with van der Waals surface area (Å²) in [6.45, 7) is -1.27. The number of ether oxygens (including phenoxy) is 1. The Balaban J connectivity index is 1.35. The lowest BCUT2D eigenvalue weighted by Gasteiger charge is -2.36. The van der Waals surface area contributed by atoms with Crippen molar-refractivity contribution in [1.29, 1.82) is 5.26 Å². The van der Waals surface area contributed by atoms with Crippen LogP contribution in [0.15, 0.2) is 36.5 Å². The van der Waals surface area contributed by atoms with Gasteiger partial charge in [-0.05, 0) is 48.2 Å². The molecular formula is C26H21F3N6O5S. The van der Waals surface area contributed by atoms with Gasteiger partial charge in [-0.1, -0.05) is 6.07 Å². The van der Waals surface area contributed by atoms with Crippen molar-refractivity contribution in [3.05, 3.63) is 58.9 Å². The molecule has 0 saturated carbocycles. The monoisotopic (exact) mass is 586 g/mol. The minimum atomic E-state index is -4.48. The molecule has 6 rings (SSSR count). The van der Waals surface area contributed by atoms with E-state index in [-0.39, 0.29) is 46.6 Å². The molecule has 1 spiro atoms. The summed E-state index contributed by atoms with van der Waals surface area (Å²) < 4.78 is 67.4. The van der Waals surface area contributed by atoms with Gasteiger partial charge in [0.1, 0.15) is 23.2 Å². The molecule has 2 amide bonds. The second kappa shape index (κ2) is 9.30. The highest BCUT2D eigenvalue weighted by atomic mass is 32.2. The molecule has 1 aliphatic carbocycles. The first-order valence-electron chi connectivity index (χ1n) is 12.5. The number of benzene rings is 1. The van der Waals surface area contributed by atoms with Gasteiger partial charge in [-0.15, -0.1) is 0 Å². The number of carbonyl (C=O) groups excluding carboxylic acids is 2. The fourth-order valence-electron chi connectivity index (χ4n) is 5.49. The Morgan fingerprint density at radius 3 is 2.71 bits per heavy atom. The maximum absolute atomic E-state index is 13.6. The van der Waals surface area contributed by atoms with Crippen LogP contribution >= 0.6 is 0 Å². The molecule has 0 radical (unpaired) electrons. The first kappa shape index (κ1) is 26.8. The van der Waals surface area contributed by atoms with Crippen molar-refractivity contribution in [1.82, 2.24) is 20.1 Å². The first-order valence-corrected chi connectivity index (χ1v) is 14.3. The van der Waals surface area contributed by atoms with Crippen LogP contribution in [0.5, 0.6) is 5.75 Å². The van der Waals surface area contributed by atoms with Crippen molar-refractivity contribution < 1.29 is 35.9 Å². The predicted octanol–water partition coefficient (Wildman–Crippen LogP) is 2.33. The molecule has 11 nitrogen and oxygen atoms in total. The largest absolute Gasteiger partial charge is 0.484 e. The molecule has 41 heavy (non-hydrogen) atoms. The number of hydrogen-bond acceptors (Lipinski definition) is 8. The van der Waals surface area contributed by atoms with Gasteiger partial charge in [-0.2, -0.15) is 23.5 Å². The highest BCUT2D eigenvalue weighted by Gasteiger charge is 2.47. The standard InChI is InChI=1S/C26H21F3N6O5S/c27-26(28,29)13-40-17-2-3-18-15(7-17)5-6-25(18)12-35-22(24(37)33-25)21(32-23(36)16-10-41(38,39)11-16)20(34-35)19-4-1-14(8-30)9-31-19/h1-4,7,9,16H,5-6,10-13H2,(H,32,36)(H,33,37)/t25-/m0/s1. The number of anilines is 1. The summed E-state index contributed by atoms with van der Waals surface area (Å²) in [5.74, 6) is -2.43. The summed E-state index contributed by atoms with van der Waals surface area (Å²) in [7, 11) is -3.28. The van der Waals surface area contributed by atoms with E-state index in [1.165, 1.54) is 35.1 Å². The number of fused-ring (bicyclic) bond motifs is 3. The van der Waals surface area contributed by atoms with Gasteiger partial charge >= 0.3 is 6.18 Å². The number of nitriles is 1. The van der Waals surface area contributed by atoms with Crippen LogP contribution in [0.4, 0.5) is 18.9 Å². The SMILES string of the molecule is N#Cc1ccc(-c2nn3c(c2NC(=O)C2CS(=O)(=O)C2)C(=O)N[C@@]2(CCc4cc(OCC(F)(F)F)ccc42)C3)nc1. The number of nitrogens with zero attached hydrogens (tertiary/aromatic N) is 4. The number of aryl methyl sites for hydroxylation is 1. The van der Waals surface area contributed by atoms with Crippen LogP contribution in [0.1, 0.15) is 33.6 Å². The van der Waals surface area contributed by atoms with E-state index in [0.29, 0.717) is 18.4 Å². The zero-order valence-corrected chi connectivity index (χ0v) is 22.0. The molecule has 2 N–H and O–H groups in total. The van der Waals surface area contributed by atoms with E-state index in [4.69, 9.17) is 10.00 Å². The van der Waals surface area contributed by atoms with Crippen molar-refractivity contribution >= 4 is 27.3 Å². The number of pyridine rings is 1. The first-order chi connectivity index (χ1) is 19.4. The van der Waals surface area contributed by atoms with Crippen molar-refractivity contribution in [2.24, 2.45) is 5.92 Å². The van der Waals surface area contributed by atoms with Crippen LogP contribution in [0, 0.1) is 17.2 Å². The van der Waals surface area contributed by atoms with E-state index in [1.807, 2.05) is 6.07 Å². The topological polar surface area (TPSA) is 156 Å². The predicted molar refractivity (Wildman–Crippen MR) is 136 cm³/mol. The van der Waals surface area contributed by atoms with Crippen LogP contribution in [-0.4, -0.2) is 59.3 Å². The Bertz CT molecular complexity index is 1730. The van der Waals surface area contributed by atoms with Crippen LogP contribution in [0.3, 0.4) is 0 Å². The molecule has 3 aliphatic rings. The number of alkyl halides is 3. The Labute approximate surface area is 231 Å². The van der Waals surface area contributed by atoms with Gasteiger partial charge in [0.2, 0.25) is 5.91 Å². The summed E-state index contributed by atoms with van der Waals surface area (Å²) in [5.41, 5.74) is 1.39. The summed E-state index contributed by atoms with van der Waals surface area (Å²) in [6, 6.07) is 9.59. The number of amides is 2. The van der Waals surface area contributed by atoms with E-state index >= 15 is 0 Å². The summed E-state index contributed by atoms with van der Waals surface area (Å²) in [6.07, 6.45) is -2.23. The van der Waals surface area contributed by atoms with Crippen LogP contribution in [-0.2, 0) is 33.1 Å². The third kappa shape index (κ3) is 4.88. The molecule has 4 heterocycles. The van der Waals surface area contributed by atoms with Crippen molar-refractivity contribution in [2.75, 3.05) is 23.4 Å². The fraction of sp³-hybridized carbons (Fsp3) is 0.346. The second-order valence-electron chi connectivity index (χ2n) is 10.3. The van der Waals surface area contributed by atoms with Gasteiger partial charge in [0.05, 0.1) is 40.8 Å². The van der Waals surface area contributed by atoms with Crippen molar-refractivity contribution in [2.45, 2.75) is 31.1 Å². The molecule has 15 heteroatoms. The van der Waals surface area contributed by atoms with Crippen molar-refractivity contribution in [3.63, 3.8) is 0 Å². The zero-order chi connectivity index (χ0) is 29.2. The number of nitrogens with one attached hydrogen (secondary N) is 2. The Hall–Kier alpha value is -4.45. The molecule has 2 aromatic heterocycles. The van der Waals surface area contributed by atoms with E-state index < -0.39 is 45.9 Å². The summed E-state index contributed by atoms with van der Waals surface area (Å²) >= 11 is 0. The van der Waals surface area contributed by atoms with Gasteiger partial charge in [0, 0.05) is 6.20 Å². The molecular weight excluding hydrogens is 565 g/mol. The van der Waals surface area contributed by atoms with Crippen LogP contribution in [0.2, 0.25) is 0 Å². The number of hydrogen-bond donors (Lipinski definition) is 2. The Morgan fingerprint density at radius 2 is 2.05 bits per heavy atom.